The third-order valence-electron chi connectivity index (χ3n) is 2.35. The topological polar surface area (TPSA) is 67.9 Å². The molecule has 1 heterocycles. The maximum Gasteiger partial charge on any atom is 0.338 e. The van der Waals surface area contributed by atoms with Crippen LogP contribution in [0.3, 0.4) is 0 Å². The van der Waals surface area contributed by atoms with Crippen LogP contribution in [0.5, 0.6) is 0 Å². The number of rotatable bonds is 3. The SMILES string of the molecule is CCOC(=O)c1ccc(-n2cc(C#N)cn2)cc1. The van der Waals surface area contributed by atoms with Crippen LogP contribution in [0.4, 0.5) is 0 Å². The molecule has 5 nitrogen and oxygen atoms in total. The first-order valence-corrected chi connectivity index (χ1v) is 5.47. The third-order valence-corrected chi connectivity index (χ3v) is 2.35. The van der Waals surface area contributed by atoms with Crippen LogP contribution in [0, 0.1) is 11.3 Å². The van der Waals surface area contributed by atoms with E-state index in [4.69, 9.17) is 10.00 Å². The zero-order chi connectivity index (χ0) is 13.0. The minimum absolute atomic E-state index is 0.345. The molecule has 18 heavy (non-hydrogen) atoms. The molecular formula is C13H11N3O2. The first kappa shape index (κ1) is 11.9. The summed E-state index contributed by atoms with van der Waals surface area (Å²) in [5.41, 5.74) is 1.77. The molecule has 2 rings (SSSR count). The number of hydrogen-bond acceptors (Lipinski definition) is 4. The van der Waals surface area contributed by atoms with Crippen LogP contribution < -0.4 is 0 Å². The Balaban J connectivity index is 2.22. The van der Waals surface area contributed by atoms with Crippen molar-refractivity contribution in [2.75, 3.05) is 6.61 Å². The van der Waals surface area contributed by atoms with E-state index in [9.17, 15) is 4.79 Å². The fraction of sp³-hybridized carbons (Fsp3) is 0.154. The molecule has 5 heteroatoms. The molecule has 0 atom stereocenters. The second-order valence-electron chi connectivity index (χ2n) is 3.55. The zero-order valence-corrected chi connectivity index (χ0v) is 9.83. The predicted octanol–water partition coefficient (Wildman–Crippen LogP) is 1.92. The molecule has 0 spiro atoms. The molecule has 0 amide bonds. The van der Waals surface area contributed by atoms with Crippen molar-refractivity contribution in [3.63, 3.8) is 0 Å². The fourth-order valence-electron chi connectivity index (χ4n) is 1.49. The average Bonchev–Trinajstić information content (AvgIpc) is 2.88. The Bertz CT molecular complexity index is 593. The van der Waals surface area contributed by atoms with Gasteiger partial charge in [-0.2, -0.15) is 10.4 Å². The average molecular weight is 241 g/mol. The minimum atomic E-state index is -0.345. The van der Waals surface area contributed by atoms with Gasteiger partial charge in [-0.1, -0.05) is 0 Å². The van der Waals surface area contributed by atoms with E-state index >= 15 is 0 Å². The number of nitrogens with zero attached hydrogens (tertiary/aromatic N) is 3. The Labute approximate surface area is 104 Å². The molecule has 0 aliphatic rings. The largest absolute Gasteiger partial charge is 0.462 e. The van der Waals surface area contributed by atoms with Gasteiger partial charge in [-0.3, -0.25) is 0 Å². The zero-order valence-electron chi connectivity index (χ0n) is 9.83. The lowest BCUT2D eigenvalue weighted by Gasteiger charge is -2.03. The molecule has 0 aliphatic heterocycles. The number of nitriles is 1. The van der Waals surface area contributed by atoms with E-state index in [-0.39, 0.29) is 5.97 Å². The van der Waals surface area contributed by atoms with Crippen molar-refractivity contribution < 1.29 is 9.53 Å². The van der Waals surface area contributed by atoms with E-state index in [1.807, 2.05) is 6.07 Å². The van der Waals surface area contributed by atoms with Crippen LogP contribution in [0.2, 0.25) is 0 Å². The number of esters is 1. The molecule has 0 fully saturated rings. The van der Waals surface area contributed by atoms with Crippen molar-refractivity contribution in [2.45, 2.75) is 6.92 Å². The van der Waals surface area contributed by atoms with Gasteiger partial charge in [-0.25, -0.2) is 9.48 Å². The molecule has 0 unspecified atom stereocenters. The van der Waals surface area contributed by atoms with Crippen LogP contribution >= 0.6 is 0 Å². The molecule has 0 saturated carbocycles. The molecular weight excluding hydrogens is 230 g/mol. The number of aromatic nitrogens is 2. The van der Waals surface area contributed by atoms with Crippen molar-refractivity contribution >= 4 is 5.97 Å². The molecule has 0 bridgehead atoms. The summed E-state index contributed by atoms with van der Waals surface area (Å²) in [7, 11) is 0. The highest BCUT2D eigenvalue weighted by molar-refractivity contribution is 5.89. The van der Waals surface area contributed by atoms with Crippen molar-refractivity contribution in [2.24, 2.45) is 0 Å². The summed E-state index contributed by atoms with van der Waals surface area (Å²) in [5.74, 6) is -0.345. The molecule has 1 aromatic heterocycles. The second kappa shape index (κ2) is 5.15. The molecule has 90 valence electrons. The molecule has 1 aromatic carbocycles. The van der Waals surface area contributed by atoms with Gasteiger partial charge in [0, 0.05) is 6.20 Å². The van der Waals surface area contributed by atoms with E-state index in [2.05, 4.69) is 5.10 Å². The van der Waals surface area contributed by atoms with Gasteiger partial charge in [-0.15, -0.1) is 0 Å². The van der Waals surface area contributed by atoms with Crippen LogP contribution in [0.1, 0.15) is 22.8 Å². The van der Waals surface area contributed by atoms with Gasteiger partial charge in [0.2, 0.25) is 0 Å². The maximum atomic E-state index is 11.5. The molecule has 2 aromatic rings. The smallest absolute Gasteiger partial charge is 0.338 e. The maximum absolute atomic E-state index is 11.5. The summed E-state index contributed by atoms with van der Waals surface area (Å²) in [6, 6.07) is 8.84. The van der Waals surface area contributed by atoms with Crippen molar-refractivity contribution in [1.82, 2.24) is 9.78 Å². The standard InChI is InChI=1S/C13H11N3O2/c1-2-18-13(17)11-3-5-12(6-4-11)16-9-10(7-14)8-15-16/h3-6,8-9H,2H2,1H3. The van der Waals surface area contributed by atoms with Gasteiger partial charge < -0.3 is 4.74 Å². The number of hydrogen-bond donors (Lipinski definition) is 0. The number of carbonyl (C=O) groups excluding carboxylic acids is 1. The Morgan fingerprint density at radius 3 is 2.72 bits per heavy atom. The summed E-state index contributed by atoms with van der Waals surface area (Å²) in [4.78, 5) is 11.5. The molecule has 0 saturated heterocycles. The van der Waals surface area contributed by atoms with Gasteiger partial charge in [0.15, 0.2) is 0 Å². The summed E-state index contributed by atoms with van der Waals surface area (Å²) in [5, 5.41) is 12.8. The summed E-state index contributed by atoms with van der Waals surface area (Å²) in [6.45, 7) is 2.12. The highest BCUT2D eigenvalue weighted by atomic mass is 16.5. The summed E-state index contributed by atoms with van der Waals surface area (Å²) < 4.78 is 6.47. The third kappa shape index (κ3) is 2.38. The first-order chi connectivity index (χ1) is 8.74. The van der Waals surface area contributed by atoms with Crippen LogP contribution in [0.25, 0.3) is 5.69 Å². The summed E-state index contributed by atoms with van der Waals surface area (Å²) in [6.07, 6.45) is 3.11. The lowest BCUT2D eigenvalue weighted by atomic mass is 10.2. The number of benzene rings is 1. The molecule has 0 N–H and O–H groups in total. The molecule has 0 aliphatic carbocycles. The lowest BCUT2D eigenvalue weighted by molar-refractivity contribution is 0.0526. The number of ether oxygens (including phenoxy) is 1. The highest BCUT2D eigenvalue weighted by Gasteiger charge is 2.06. The second-order valence-corrected chi connectivity index (χ2v) is 3.55. The van der Waals surface area contributed by atoms with Gasteiger partial charge in [0.25, 0.3) is 0 Å². The van der Waals surface area contributed by atoms with E-state index in [0.717, 1.165) is 5.69 Å². The fourth-order valence-corrected chi connectivity index (χ4v) is 1.49. The monoisotopic (exact) mass is 241 g/mol. The molecule has 0 radical (unpaired) electrons. The van der Waals surface area contributed by atoms with E-state index in [1.165, 1.54) is 6.20 Å². The van der Waals surface area contributed by atoms with E-state index < -0.39 is 0 Å². The lowest BCUT2D eigenvalue weighted by Crippen LogP contribution is -2.04. The van der Waals surface area contributed by atoms with Crippen LogP contribution in [0.15, 0.2) is 36.7 Å². The van der Waals surface area contributed by atoms with Gasteiger partial charge in [0.1, 0.15) is 6.07 Å². The van der Waals surface area contributed by atoms with Gasteiger partial charge in [-0.05, 0) is 31.2 Å². The van der Waals surface area contributed by atoms with Crippen molar-refractivity contribution in [3.8, 4) is 11.8 Å². The highest BCUT2D eigenvalue weighted by Crippen LogP contribution is 2.10. The van der Waals surface area contributed by atoms with Crippen LogP contribution in [-0.4, -0.2) is 22.4 Å². The minimum Gasteiger partial charge on any atom is -0.462 e. The van der Waals surface area contributed by atoms with Gasteiger partial charge in [0.05, 0.1) is 29.6 Å². The van der Waals surface area contributed by atoms with Crippen molar-refractivity contribution in [1.29, 1.82) is 5.26 Å². The summed E-state index contributed by atoms with van der Waals surface area (Å²) >= 11 is 0. The quantitative estimate of drug-likeness (QED) is 0.770. The first-order valence-electron chi connectivity index (χ1n) is 5.47. The van der Waals surface area contributed by atoms with Crippen LogP contribution in [-0.2, 0) is 4.74 Å². The normalized spacial score (nSPS) is 9.78. The van der Waals surface area contributed by atoms with E-state index in [1.54, 1.807) is 42.1 Å². The Morgan fingerprint density at radius 2 is 2.17 bits per heavy atom. The Hall–Kier alpha value is -2.61. The van der Waals surface area contributed by atoms with E-state index in [0.29, 0.717) is 17.7 Å². The number of carbonyl (C=O) groups is 1. The predicted molar refractivity (Wildman–Crippen MR) is 64.2 cm³/mol. The Kier molecular flexibility index (Phi) is 3.39. The van der Waals surface area contributed by atoms with Crippen molar-refractivity contribution in [3.05, 3.63) is 47.8 Å². The van der Waals surface area contributed by atoms with Gasteiger partial charge >= 0.3 is 5.97 Å². The Morgan fingerprint density at radius 1 is 1.44 bits per heavy atom.